The number of halogens is 2. The first-order valence-electron chi connectivity index (χ1n) is 5.93. The van der Waals surface area contributed by atoms with Gasteiger partial charge in [-0.1, -0.05) is 30.3 Å². The summed E-state index contributed by atoms with van der Waals surface area (Å²) in [6.45, 7) is -1.80. The maximum Gasteiger partial charge on any atom is 0.282 e. The summed E-state index contributed by atoms with van der Waals surface area (Å²) >= 11 is 0. The second-order valence-electron chi connectivity index (χ2n) is 4.25. The Balaban J connectivity index is 2.17. The number of furan rings is 1. The van der Waals surface area contributed by atoms with Crippen molar-refractivity contribution in [2.75, 3.05) is 13.2 Å². The summed E-state index contributed by atoms with van der Waals surface area (Å²) in [6, 6.07) is 12.1. The fourth-order valence-corrected chi connectivity index (χ4v) is 1.79. The molecule has 2 rings (SSSR count). The van der Waals surface area contributed by atoms with E-state index in [0.717, 1.165) is 5.56 Å². The summed E-state index contributed by atoms with van der Waals surface area (Å²) in [5.41, 5.74) is 0.825. The first-order chi connectivity index (χ1) is 9.12. The van der Waals surface area contributed by atoms with E-state index in [2.05, 4.69) is 5.32 Å². The maximum atomic E-state index is 13.1. The Morgan fingerprint density at radius 3 is 2.47 bits per heavy atom. The Bertz CT molecular complexity index is 485. The molecule has 2 N–H and O–H groups in total. The minimum absolute atomic E-state index is 0.464. The minimum atomic E-state index is -3.15. The van der Waals surface area contributed by atoms with E-state index in [-0.39, 0.29) is 0 Å². The van der Waals surface area contributed by atoms with Crippen LogP contribution in [-0.2, 0) is 0 Å². The molecule has 0 fully saturated rings. The summed E-state index contributed by atoms with van der Waals surface area (Å²) in [5, 5.41) is 11.3. The molecule has 1 aromatic carbocycles. The molecule has 0 radical (unpaired) electrons. The van der Waals surface area contributed by atoms with Crippen molar-refractivity contribution in [3.63, 3.8) is 0 Å². The van der Waals surface area contributed by atoms with Crippen molar-refractivity contribution in [3.8, 4) is 0 Å². The van der Waals surface area contributed by atoms with Gasteiger partial charge in [0, 0.05) is 0 Å². The van der Waals surface area contributed by atoms with Crippen molar-refractivity contribution in [3.05, 3.63) is 60.1 Å². The fourth-order valence-electron chi connectivity index (χ4n) is 1.79. The highest BCUT2D eigenvalue weighted by Crippen LogP contribution is 2.23. The van der Waals surface area contributed by atoms with Crippen LogP contribution < -0.4 is 5.32 Å². The van der Waals surface area contributed by atoms with E-state index in [9.17, 15) is 8.78 Å². The van der Waals surface area contributed by atoms with E-state index in [1.54, 1.807) is 12.1 Å². The summed E-state index contributed by atoms with van der Waals surface area (Å²) in [6.07, 6.45) is 1.50. The van der Waals surface area contributed by atoms with Crippen LogP contribution in [0.15, 0.2) is 53.1 Å². The van der Waals surface area contributed by atoms with Crippen LogP contribution in [0.1, 0.15) is 17.4 Å². The number of benzene rings is 1. The molecule has 1 heterocycles. The first-order valence-corrected chi connectivity index (χ1v) is 5.93. The molecule has 2 aromatic rings. The summed E-state index contributed by atoms with van der Waals surface area (Å²) in [5.74, 6) is -2.60. The summed E-state index contributed by atoms with van der Waals surface area (Å²) in [4.78, 5) is 0. The zero-order valence-corrected chi connectivity index (χ0v) is 10.2. The third kappa shape index (κ3) is 3.62. The molecule has 0 aliphatic carbocycles. The Labute approximate surface area is 109 Å². The molecule has 1 atom stereocenters. The zero-order valence-electron chi connectivity index (χ0n) is 10.2. The maximum absolute atomic E-state index is 13.1. The van der Waals surface area contributed by atoms with Gasteiger partial charge >= 0.3 is 0 Å². The average molecular weight is 267 g/mol. The van der Waals surface area contributed by atoms with Crippen LogP contribution in [0.4, 0.5) is 8.78 Å². The molecule has 0 aliphatic rings. The molecule has 19 heavy (non-hydrogen) atoms. The Kier molecular flexibility index (Phi) is 4.29. The van der Waals surface area contributed by atoms with Gasteiger partial charge in [0.05, 0.1) is 18.8 Å². The molecule has 0 amide bonds. The van der Waals surface area contributed by atoms with Crippen molar-refractivity contribution in [1.82, 2.24) is 5.32 Å². The molecule has 0 bridgehead atoms. The van der Waals surface area contributed by atoms with Gasteiger partial charge in [0.25, 0.3) is 5.92 Å². The SMILES string of the molecule is OCC(F)(F)CNC(c1ccccc1)c1ccco1. The molecule has 5 heteroatoms. The molecule has 102 valence electrons. The van der Waals surface area contributed by atoms with Crippen LogP contribution in [0, 0.1) is 0 Å². The Morgan fingerprint density at radius 1 is 1.16 bits per heavy atom. The molecular formula is C14H15F2NO2. The predicted octanol–water partition coefficient (Wildman–Crippen LogP) is 2.59. The fraction of sp³-hybridized carbons (Fsp3) is 0.286. The normalized spacial score (nSPS) is 13.4. The number of rotatable bonds is 6. The highest BCUT2D eigenvalue weighted by Gasteiger charge is 2.29. The minimum Gasteiger partial charge on any atom is -0.467 e. The summed E-state index contributed by atoms with van der Waals surface area (Å²) in [7, 11) is 0. The van der Waals surface area contributed by atoms with E-state index in [1.807, 2.05) is 30.3 Å². The van der Waals surface area contributed by atoms with Gasteiger partial charge in [0.1, 0.15) is 12.4 Å². The van der Waals surface area contributed by atoms with Gasteiger partial charge in [-0.15, -0.1) is 0 Å². The third-order valence-corrected chi connectivity index (χ3v) is 2.76. The van der Waals surface area contributed by atoms with Gasteiger partial charge in [-0.25, -0.2) is 8.78 Å². The van der Waals surface area contributed by atoms with Crippen molar-refractivity contribution >= 4 is 0 Å². The second-order valence-corrected chi connectivity index (χ2v) is 4.25. The van der Waals surface area contributed by atoms with Crippen molar-refractivity contribution in [2.24, 2.45) is 0 Å². The number of hydrogen-bond acceptors (Lipinski definition) is 3. The van der Waals surface area contributed by atoms with Crippen molar-refractivity contribution in [1.29, 1.82) is 0 Å². The van der Waals surface area contributed by atoms with E-state index in [0.29, 0.717) is 5.76 Å². The lowest BCUT2D eigenvalue weighted by Crippen LogP contribution is -2.38. The Morgan fingerprint density at radius 2 is 1.89 bits per heavy atom. The van der Waals surface area contributed by atoms with E-state index in [1.165, 1.54) is 6.26 Å². The largest absolute Gasteiger partial charge is 0.467 e. The number of aliphatic hydroxyl groups excluding tert-OH is 1. The quantitative estimate of drug-likeness (QED) is 0.845. The Hall–Kier alpha value is -1.72. The van der Waals surface area contributed by atoms with Crippen molar-refractivity contribution < 1.29 is 18.3 Å². The second kappa shape index (κ2) is 5.95. The van der Waals surface area contributed by atoms with Gasteiger partial charge in [-0.05, 0) is 17.7 Å². The van der Waals surface area contributed by atoms with Crippen LogP contribution in [0.2, 0.25) is 0 Å². The van der Waals surface area contributed by atoms with Gasteiger partial charge in [0.15, 0.2) is 0 Å². The molecule has 0 spiro atoms. The lowest BCUT2D eigenvalue weighted by atomic mass is 10.0. The van der Waals surface area contributed by atoms with E-state index >= 15 is 0 Å². The van der Waals surface area contributed by atoms with E-state index in [4.69, 9.17) is 9.52 Å². The molecule has 1 aromatic heterocycles. The predicted molar refractivity (Wildman–Crippen MR) is 67.0 cm³/mol. The zero-order chi connectivity index (χ0) is 13.7. The lowest BCUT2D eigenvalue weighted by Gasteiger charge is -2.20. The number of nitrogens with one attached hydrogen (secondary N) is 1. The molecule has 0 saturated heterocycles. The van der Waals surface area contributed by atoms with Gasteiger partial charge in [-0.2, -0.15) is 0 Å². The van der Waals surface area contributed by atoms with Gasteiger partial charge in [0.2, 0.25) is 0 Å². The highest BCUT2D eigenvalue weighted by molar-refractivity contribution is 5.26. The van der Waals surface area contributed by atoms with Crippen LogP contribution in [0.25, 0.3) is 0 Å². The van der Waals surface area contributed by atoms with Crippen LogP contribution in [0.5, 0.6) is 0 Å². The number of hydrogen-bond donors (Lipinski definition) is 2. The monoisotopic (exact) mass is 267 g/mol. The van der Waals surface area contributed by atoms with Crippen molar-refractivity contribution in [2.45, 2.75) is 12.0 Å². The molecule has 3 nitrogen and oxygen atoms in total. The standard InChI is InChI=1S/C14H15F2NO2/c15-14(16,10-18)9-17-13(12-7-4-8-19-12)11-5-2-1-3-6-11/h1-8,13,17-18H,9-10H2. The number of alkyl halides is 2. The first kappa shape index (κ1) is 13.7. The number of aliphatic hydroxyl groups is 1. The summed E-state index contributed by atoms with van der Waals surface area (Å²) < 4.78 is 31.5. The van der Waals surface area contributed by atoms with Gasteiger partial charge < -0.3 is 9.52 Å². The van der Waals surface area contributed by atoms with Gasteiger partial charge in [-0.3, -0.25) is 5.32 Å². The highest BCUT2D eigenvalue weighted by atomic mass is 19.3. The topological polar surface area (TPSA) is 45.4 Å². The van der Waals surface area contributed by atoms with E-state index < -0.39 is 25.1 Å². The van der Waals surface area contributed by atoms with Crippen LogP contribution in [0.3, 0.4) is 0 Å². The average Bonchev–Trinajstić information content (AvgIpc) is 2.94. The lowest BCUT2D eigenvalue weighted by molar-refractivity contribution is -0.0489. The smallest absolute Gasteiger partial charge is 0.282 e. The third-order valence-electron chi connectivity index (χ3n) is 2.76. The van der Waals surface area contributed by atoms with Crippen LogP contribution in [-0.4, -0.2) is 24.2 Å². The molecule has 0 saturated carbocycles. The molecule has 0 aliphatic heterocycles. The molecule has 1 unspecified atom stereocenters. The molecular weight excluding hydrogens is 252 g/mol. The van der Waals surface area contributed by atoms with Crippen LogP contribution >= 0.6 is 0 Å².